The van der Waals surface area contributed by atoms with Gasteiger partial charge in [-0.05, 0) is 67.6 Å². The zero-order chi connectivity index (χ0) is 27.4. The van der Waals surface area contributed by atoms with E-state index in [1.807, 2.05) is 61.5 Å². The Morgan fingerprint density at radius 1 is 0.769 bits per heavy atom. The largest absolute Gasteiger partial charge is 0.454 e. The van der Waals surface area contributed by atoms with Crippen molar-refractivity contribution in [3.05, 3.63) is 130 Å². The number of rotatable bonds is 7. The molecule has 5 rings (SSSR count). The quantitative estimate of drug-likeness (QED) is 0.115. The molecule has 6 nitrogen and oxygen atoms in total. The number of fused-ring (bicyclic) bond motifs is 1. The van der Waals surface area contributed by atoms with Crippen molar-refractivity contribution in [3.8, 4) is 17.0 Å². The fourth-order valence-corrected chi connectivity index (χ4v) is 4.23. The topological polar surface area (TPSA) is 82.6 Å². The average Bonchev–Trinajstić information content (AvgIpc) is 2.96. The monoisotopic (exact) mass is 579 g/mol. The molecule has 0 unspecified atom stereocenters. The summed E-state index contributed by atoms with van der Waals surface area (Å²) in [5.41, 5.74) is 4.23. The first-order chi connectivity index (χ1) is 18.9. The molecular formula is C32H22BrNO5. The van der Waals surface area contributed by atoms with Gasteiger partial charge in [0.05, 0.1) is 22.3 Å². The molecule has 0 saturated heterocycles. The predicted molar refractivity (Wildman–Crippen MR) is 152 cm³/mol. The van der Waals surface area contributed by atoms with Gasteiger partial charge in [-0.15, -0.1) is 0 Å². The SMILES string of the molecule is Cc1ccc(C(=O)Oc2ccc(C(=O)COC(=O)c3cc(-c4ccc(Br)cc4)nc4ccccc34)cc2)cc1. The summed E-state index contributed by atoms with van der Waals surface area (Å²) in [7, 11) is 0. The molecule has 0 bridgehead atoms. The first-order valence-electron chi connectivity index (χ1n) is 12.1. The van der Waals surface area contributed by atoms with Crippen LogP contribution in [0.5, 0.6) is 5.75 Å². The average molecular weight is 580 g/mol. The van der Waals surface area contributed by atoms with Crippen LogP contribution in [0.3, 0.4) is 0 Å². The minimum atomic E-state index is -0.621. The molecule has 192 valence electrons. The van der Waals surface area contributed by atoms with Gasteiger partial charge in [0.25, 0.3) is 0 Å². The molecule has 0 N–H and O–H groups in total. The molecule has 0 radical (unpaired) electrons. The van der Waals surface area contributed by atoms with Crippen molar-refractivity contribution in [1.82, 2.24) is 4.98 Å². The number of nitrogens with zero attached hydrogens (tertiary/aromatic N) is 1. The minimum Gasteiger partial charge on any atom is -0.454 e. The molecule has 4 aromatic carbocycles. The van der Waals surface area contributed by atoms with Crippen molar-refractivity contribution in [2.75, 3.05) is 6.61 Å². The van der Waals surface area contributed by atoms with Crippen LogP contribution in [0.2, 0.25) is 0 Å². The van der Waals surface area contributed by atoms with Crippen LogP contribution < -0.4 is 4.74 Å². The minimum absolute atomic E-state index is 0.304. The van der Waals surface area contributed by atoms with Gasteiger partial charge in [0.2, 0.25) is 0 Å². The van der Waals surface area contributed by atoms with E-state index in [-0.39, 0.29) is 5.78 Å². The number of hydrogen-bond acceptors (Lipinski definition) is 6. The van der Waals surface area contributed by atoms with Crippen LogP contribution in [0.15, 0.2) is 108 Å². The van der Waals surface area contributed by atoms with E-state index in [1.54, 1.807) is 24.3 Å². The first-order valence-corrected chi connectivity index (χ1v) is 12.9. The Balaban J connectivity index is 1.27. The van der Waals surface area contributed by atoms with Crippen LogP contribution in [-0.4, -0.2) is 29.3 Å². The van der Waals surface area contributed by atoms with Gasteiger partial charge in [0.1, 0.15) is 5.75 Å². The molecule has 39 heavy (non-hydrogen) atoms. The third-order valence-corrected chi connectivity index (χ3v) is 6.61. The lowest BCUT2D eigenvalue weighted by Gasteiger charge is -2.10. The highest BCUT2D eigenvalue weighted by Gasteiger charge is 2.18. The number of esters is 2. The standard InChI is InChI=1S/C32H22BrNO5/c1-20-6-8-23(9-7-20)31(36)39-25-16-12-22(13-17-25)30(35)19-38-32(37)27-18-29(21-10-14-24(33)15-11-21)34-28-5-3-2-4-26(27)28/h2-18H,19H2,1H3. The number of hydrogen-bond donors (Lipinski definition) is 0. The van der Waals surface area contributed by atoms with E-state index in [0.29, 0.717) is 39.0 Å². The zero-order valence-corrected chi connectivity index (χ0v) is 22.5. The number of carbonyl (C=O) groups is 3. The Hall–Kier alpha value is -4.62. The molecule has 1 aromatic heterocycles. The van der Waals surface area contributed by atoms with Crippen molar-refractivity contribution < 1.29 is 23.9 Å². The van der Waals surface area contributed by atoms with Gasteiger partial charge in [-0.25, -0.2) is 14.6 Å². The fraction of sp³-hybridized carbons (Fsp3) is 0.0625. The van der Waals surface area contributed by atoms with Crippen molar-refractivity contribution in [3.63, 3.8) is 0 Å². The number of aromatic nitrogens is 1. The van der Waals surface area contributed by atoms with Crippen molar-refractivity contribution in [1.29, 1.82) is 0 Å². The lowest BCUT2D eigenvalue weighted by molar-refractivity contribution is 0.0476. The lowest BCUT2D eigenvalue weighted by atomic mass is 10.0. The maximum atomic E-state index is 13.1. The van der Waals surface area contributed by atoms with Crippen LogP contribution in [0.4, 0.5) is 0 Å². The van der Waals surface area contributed by atoms with E-state index in [9.17, 15) is 14.4 Å². The Morgan fingerprint density at radius 2 is 1.44 bits per heavy atom. The highest BCUT2D eigenvalue weighted by molar-refractivity contribution is 9.10. The number of para-hydroxylation sites is 1. The van der Waals surface area contributed by atoms with Gasteiger partial charge in [0, 0.05) is 21.0 Å². The molecule has 0 saturated carbocycles. The molecule has 0 spiro atoms. The number of halogens is 1. The van der Waals surface area contributed by atoms with Crippen molar-refractivity contribution >= 4 is 44.6 Å². The van der Waals surface area contributed by atoms with Gasteiger partial charge < -0.3 is 9.47 Å². The summed E-state index contributed by atoms with van der Waals surface area (Å²) in [5.74, 6) is -1.19. The van der Waals surface area contributed by atoms with E-state index in [0.717, 1.165) is 15.6 Å². The smallest absolute Gasteiger partial charge is 0.343 e. The molecule has 0 atom stereocenters. The van der Waals surface area contributed by atoms with Gasteiger partial charge in [-0.2, -0.15) is 0 Å². The number of Topliss-reactive ketones (excluding diaryl/α,β-unsaturated/α-hetero) is 1. The molecule has 0 aliphatic heterocycles. The number of ketones is 1. The third-order valence-electron chi connectivity index (χ3n) is 6.08. The van der Waals surface area contributed by atoms with E-state index >= 15 is 0 Å². The molecule has 0 amide bonds. The Kier molecular flexibility index (Phi) is 7.61. The van der Waals surface area contributed by atoms with E-state index in [4.69, 9.17) is 9.47 Å². The Labute approximate surface area is 233 Å². The molecular weight excluding hydrogens is 558 g/mol. The van der Waals surface area contributed by atoms with Crippen LogP contribution in [-0.2, 0) is 4.74 Å². The van der Waals surface area contributed by atoms with E-state index < -0.39 is 18.5 Å². The number of carbonyl (C=O) groups excluding carboxylic acids is 3. The molecule has 0 fully saturated rings. The Bertz CT molecular complexity index is 1680. The van der Waals surface area contributed by atoms with Crippen molar-refractivity contribution in [2.24, 2.45) is 0 Å². The van der Waals surface area contributed by atoms with E-state index in [2.05, 4.69) is 20.9 Å². The highest BCUT2D eigenvalue weighted by atomic mass is 79.9. The lowest BCUT2D eigenvalue weighted by Crippen LogP contribution is -2.15. The summed E-state index contributed by atoms with van der Waals surface area (Å²) >= 11 is 3.43. The maximum Gasteiger partial charge on any atom is 0.343 e. The summed E-state index contributed by atoms with van der Waals surface area (Å²) in [6.45, 7) is 1.49. The second-order valence-corrected chi connectivity index (χ2v) is 9.77. The molecule has 0 aliphatic carbocycles. The predicted octanol–water partition coefficient (Wildman–Crippen LogP) is 7.23. The summed E-state index contributed by atoms with van der Waals surface area (Å²) in [5, 5.41) is 0.635. The maximum absolute atomic E-state index is 13.1. The number of benzene rings is 4. The first kappa shape index (κ1) is 26.0. The summed E-state index contributed by atoms with van der Waals surface area (Å²) < 4.78 is 11.7. The number of aryl methyl sites for hydroxylation is 1. The number of pyridine rings is 1. The van der Waals surface area contributed by atoms with Gasteiger partial charge >= 0.3 is 11.9 Å². The van der Waals surface area contributed by atoms with Crippen molar-refractivity contribution in [2.45, 2.75) is 6.92 Å². The van der Waals surface area contributed by atoms with Crippen LogP contribution in [0, 0.1) is 6.92 Å². The van der Waals surface area contributed by atoms with Crippen LogP contribution in [0.1, 0.15) is 36.6 Å². The van der Waals surface area contributed by atoms with Gasteiger partial charge in [-0.1, -0.05) is 64.0 Å². The summed E-state index contributed by atoms with van der Waals surface area (Å²) in [6, 6.07) is 29.7. The highest BCUT2D eigenvalue weighted by Crippen LogP contribution is 2.26. The third kappa shape index (κ3) is 6.10. The van der Waals surface area contributed by atoms with Crippen LogP contribution in [0.25, 0.3) is 22.2 Å². The van der Waals surface area contributed by atoms with Gasteiger partial charge in [-0.3, -0.25) is 4.79 Å². The second kappa shape index (κ2) is 11.4. The van der Waals surface area contributed by atoms with E-state index in [1.165, 1.54) is 24.3 Å². The summed E-state index contributed by atoms with van der Waals surface area (Å²) in [4.78, 5) is 42.9. The fourth-order valence-electron chi connectivity index (χ4n) is 3.97. The molecule has 0 aliphatic rings. The van der Waals surface area contributed by atoms with Crippen LogP contribution >= 0.6 is 15.9 Å². The zero-order valence-electron chi connectivity index (χ0n) is 20.9. The van der Waals surface area contributed by atoms with Gasteiger partial charge in [0.15, 0.2) is 12.4 Å². The molecule has 7 heteroatoms. The molecule has 1 heterocycles. The normalized spacial score (nSPS) is 10.7. The molecule has 5 aromatic rings. The summed E-state index contributed by atoms with van der Waals surface area (Å²) in [6.07, 6.45) is 0. The number of ether oxygens (including phenoxy) is 2. The Morgan fingerprint density at radius 3 is 2.15 bits per heavy atom. The second-order valence-electron chi connectivity index (χ2n) is 8.86.